The zero-order valence-corrected chi connectivity index (χ0v) is 19.4. The van der Waals surface area contributed by atoms with Gasteiger partial charge in [0, 0.05) is 71.0 Å². The van der Waals surface area contributed by atoms with Gasteiger partial charge in [-0.05, 0) is 45.1 Å². The monoisotopic (exact) mass is 458 g/mol. The predicted octanol–water partition coefficient (Wildman–Crippen LogP) is 1.16. The van der Waals surface area contributed by atoms with E-state index in [9.17, 15) is 13.2 Å². The summed E-state index contributed by atoms with van der Waals surface area (Å²) in [5.41, 5.74) is 2.82. The Balaban J connectivity index is 1.44. The van der Waals surface area contributed by atoms with E-state index in [4.69, 9.17) is 9.94 Å². The number of piperidine rings is 1. The summed E-state index contributed by atoms with van der Waals surface area (Å²) < 4.78 is 31.7. The summed E-state index contributed by atoms with van der Waals surface area (Å²) in [7, 11) is -3.89. The SMILES string of the molecule is C=C(CCCCN1CCN(S(=O)(=O)C2(C(=O)NO)CCOCC2)CC1)N1CCCCC1. The van der Waals surface area contributed by atoms with Gasteiger partial charge < -0.3 is 14.5 Å². The van der Waals surface area contributed by atoms with Crippen LogP contribution in [0.4, 0.5) is 0 Å². The highest BCUT2D eigenvalue weighted by atomic mass is 32.2. The van der Waals surface area contributed by atoms with Gasteiger partial charge in [0.1, 0.15) is 0 Å². The lowest BCUT2D eigenvalue weighted by Crippen LogP contribution is -2.62. The van der Waals surface area contributed by atoms with Gasteiger partial charge in [0.25, 0.3) is 5.91 Å². The molecule has 10 heteroatoms. The summed E-state index contributed by atoms with van der Waals surface area (Å²) in [6.07, 6.45) is 7.15. The van der Waals surface area contributed by atoms with Crippen LogP contribution >= 0.6 is 0 Å². The summed E-state index contributed by atoms with van der Waals surface area (Å²) in [5.74, 6) is -0.854. The molecule has 0 unspecified atom stereocenters. The number of hydrogen-bond acceptors (Lipinski definition) is 7. The van der Waals surface area contributed by atoms with Crippen LogP contribution in [0.2, 0.25) is 0 Å². The van der Waals surface area contributed by atoms with Crippen LogP contribution < -0.4 is 5.48 Å². The molecule has 3 saturated heterocycles. The van der Waals surface area contributed by atoms with Gasteiger partial charge >= 0.3 is 0 Å². The third-order valence-corrected chi connectivity index (χ3v) is 9.60. The van der Waals surface area contributed by atoms with Crippen LogP contribution in [0.1, 0.15) is 51.4 Å². The quantitative estimate of drug-likeness (QED) is 0.304. The van der Waals surface area contributed by atoms with E-state index < -0.39 is 20.7 Å². The summed E-state index contributed by atoms with van der Waals surface area (Å²) in [4.78, 5) is 17.1. The number of hydrogen-bond donors (Lipinski definition) is 2. The number of nitrogens with zero attached hydrogens (tertiary/aromatic N) is 3. The van der Waals surface area contributed by atoms with Gasteiger partial charge in [-0.1, -0.05) is 6.58 Å². The molecule has 0 aromatic heterocycles. The normalized spacial score (nSPS) is 23.5. The summed E-state index contributed by atoms with van der Waals surface area (Å²) in [5, 5.41) is 9.16. The fourth-order valence-corrected chi connectivity index (χ4v) is 6.98. The third-order valence-electron chi connectivity index (χ3n) is 6.97. The molecule has 1 amide bonds. The second kappa shape index (κ2) is 11.1. The van der Waals surface area contributed by atoms with E-state index in [-0.39, 0.29) is 26.1 Å². The van der Waals surface area contributed by atoms with Crippen molar-refractivity contribution in [2.24, 2.45) is 0 Å². The number of allylic oxidation sites excluding steroid dienone is 1. The number of rotatable bonds is 9. The highest BCUT2D eigenvalue weighted by Crippen LogP contribution is 2.33. The Hall–Kier alpha value is -1.20. The molecular weight excluding hydrogens is 420 g/mol. The van der Waals surface area contributed by atoms with Gasteiger partial charge in [-0.3, -0.25) is 10.0 Å². The predicted molar refractivity (Wildman–Crippen MR) is 118 cm³/mol. The number of carbonyl (C=O) groups excluding carboxylic acids is 1. The molecule has 0 aromatic carbocycles. The maximum absolute atomic E-state index is 13.3. The Morgan fingerprint density at radius 1 is 1.00 bits per heavy atom. The van der Waals surface area contributed by atoms with Crippen LogP contribution in [-0.4, -0.2) is 97.4 Å². The molecule has 0 radical (unpaired) electrons. The number of ether oxygens (including phenoxy) is 1. The highest BCUT2D eigenvalue weighted by molar-refractivity contribution is 7.91. The molecule has 3 aliphatic heterocycles. The molecular formula is C21H38N4O5S. The number of amides is 1. The molecule has 3 fully saturated rings. The molecule has 0 aliphatic carbocycles. The maximum atomic E-state index is 13.3. The number of piperazine rings is 1. The molecule has 0 saturated carbocycles. The van der Waals surface area contributed by atoms with E-state index in [0.717, 1.165) is 38.9 Å². The first-order chi connectivity index (χ1) is 14.9. The number of likely N-dealkylation sites (tertiary alicyclic amines) is 1. The first-order valence-electron chi connectivity index (χ1n) is 11.6. The fourth-order valence-electron chi connectivity index (χ4n) is 4.88. The van der Waals surface area contributed by atoms with E-state index in [1.165, 1.54) is 29.3 Å². The number of hydroxylamine groups is 1. The average Bonchev–Trinajstić information content (AvgIpc) is 2.82. The number of nitrogens with one attached hydrogen (secondary N) is 1. The molecule has 2 N–H and O–H groups in total. The lowest BCUT2D eigenvalue weighted by molar-refractivity contribution is -0.134. The van der Waals surface area contributed by atoms with Gasteiger partial charge in [0.15, 0.2) is 4.75 Å². The summed E-state index contributed by atoms with van der Waals surface area (Å²) in [6.45, 7) is 9.88. The van der Waals surface area contributed by atoms with E-state index in [1.807, 2.05) is 0 Å². The molecule has 0 atom stereocenters. The summed E-state index contributed by atoms with van der Waals surface area (Å²) in [6, 6.07) is 0. The molecule has 0 aromatic rings. The summed E-state index contributed by atoms with van der Waals surface area (Å²) >= 11 is 0. The Kier molecular flexibility index (Phi) is 8.74. The van der Waals surface area contributed by atoms with Crippen molar-refractivity contribution >= 4 is 15.9 Å². The van der Waals surface area contributed by atoms with Gasteiger partial charge in [-0.25, -0.2) is 13.9 Å². The van der Waals surface area contributed by atoms with Crippen LogP contribution in [0, 0.1) is 0 Å². The van der Waals surface area contributed by atoms with Crippen molar-refractivity contribution in [2.45, 2.75) is 56.1 Å². The second-order valence-electron chi connectivity index (χ2n) is 8.86. The fraction of sp³-hybridized carbons (Fsp3) is 0.857. The van der Waals surface area contributed by atoms with E-state index in [1.54, 1.807) is 5.48 Å². The third kappa shape index (κ3) is 5.60. The second-order valence-corrected chi connectivity index (χ2v) is 11.1. The van der Waals surface area contributed by atoms with Crippen molar-refractivity contribution < 1.29 is 23.2 Å². The molecule has 31 heavy (non-hydrogen) atoms. The van der Waals surface area contributed by atoms with E-state index >= 15 is 0 Å². The minimum Gasteiger partial charge on any atom is -0.381 e. The Morgan fingerprint density at radius 3 is 2.26 bits per heavy atom. The van der Waals surface area contributed by atoms with E-state index in [0.29, 0.717) is 26.2 Å². The zero-order chi connectivity index (χ0) is 22.3. The molecule has 178 valence electrons. The van der Waals surface area contributed by atoms with Gasteiger partial charge in [-0.2, -0.15) is 4.31 Å². The maximum Gasteiger partial charge on any atom is 0.266 e. The highest BCUT2D eigenvalue weighted by Gasteiger charge is 2.54. The average molecular weight is 459 g/mol. The first-order valence-corrected chi connectivity index (χ1v) is 13.0. The van der Waals surface area contributed by atoms with Crippen LogP contribution in [0.3, 0.4) is 0 Å². The number of carbonyl (C=O) groups is 1. The van der Waals surface area contributed by atoms with Crippen molar-refractivity contribution in [1.82, 2.24) is 19.6 Å². The molecule has 9 nitrogen and oxygen atoms in total. The van der Waals surface area contributed by atoms with Crippen molar-refractivity contribution in [2.75, 3.05) is 59.0 Å². The van der Waals surface area contributed by atoms with Gasteiger partial charge in [-0.15, -0.1) is 0 Å². The van der Waals surface area contributed by atoms with E-state index in [2.05, 4.69) is 16.4 Å². The standard InChI is InChI=1S/C21H38N4O5S/c1-19(24-11-4-2-5-12-24)7-3-6-10-23-13-15-25(16-14-23)31(28,29)21(20(26)22-27)8-17-30-18-9-21/h27H,1-18H2,(H,22,26). The van der Waals surface area contributed by atoms with Crippen LogP contribution in [-0.2, 0) is 19.6 Å². The van der Waals surface area contributed by atoms with Crippen LogP contribution in [0.15, 0.2) is 12.3 Å². The number of sulfonamides is 1. The zero-order valence-electron chi connectivity index (χ0n) is 18.6. The van der Waals surface area contributed by atoms with Gasteiger partial charge in [0.2, 0.25) is 10.0 Å². The minimum absolute atomic E-state index is 0.0584. The topological polar surface area (TPSA) is 102 Å². The molecule has 0 spiro atoms. The van der Waals surface area contributed by atoms with Crippen molar-refractivity contribution in [3.05, 3.63) is 12.3 Å². The largest absolute Gasteiger partial charge is 0.381 e. The minimum atomic E-state index is -3.89. The van der Waals surface area contributed by atoms with Gasteiger partial charge in [0.05, 0.1) is 0 Å². The Bertz CT molecular complexity index is 709. The van der Waals surface area contributed by atoms with Crippen molar-refractivity contribution in [3.8, 4) is 0 Å². The molecule has 0 bridgehead atoms. The van der Waals surface area contributed by atoms with Crippen molar-refractivity contribution in [1.29, 1.82) is 0 Å². The van der Waals surface area contributed by atoms with Crippen LogP contribution in [0.25, 0.3) is 0 Å². The molecule has 3 heterocycles. The Labute approximate surface area is 186 Å². The first kappa shape index (κ1) is 24.4. The lowest BCUT2D eigenvalue weighted by Gasteiger charge is -2.41. The Morgan fingerprint density at radius 2 is 1.65 bits per heavy atom. The lowest BCUT2D eigenvalue weighted by atomic mass is 9.98. The van der Waals surface area contributed by atoms with Crippen molar-refractivity contribution in [3.63, 3.8) is 0 Å². The smallest absolute Gasteiger partial charge is 0.266 e. The number of unbranched alkanes of at least 4 members (excludes halogenated alkanes) is 1. The molecule has 3 aliphatic rings. The van der Waals surface area contributed by atoms with Crippen LogP contribution in [0.5, 0.6) is 0 Å². The molecule has 3 rings (SSSR count).